The van der Waals surface area contributed by atoms with E-state index in [0.29, 0.717) is 22.9 Å². The van der Waals surface area contributed by atoms with Gasteiger partial charge in [-0.2, -0.15) is 0 Å². The second kappa shape index (κ2) is 7.14. The van der Waals surface area contributed by atoms with Gasteiger partial charge in [-0.1, -0.05) is 11.6 Å². The average molecular weight is 258 g/mol. The summed E-state index contributed by atoms with van der Waals surface area (Å²) < 4.78 is 5.05. The van der Waals surface area contributed by atoms with Crippen LogP contribution in [0.2, 0.25) is 5.02 Å². The molecule has 1 aromatic carbocycles. The normalized spacial score (nSPS) is 10.2. The molecule has 0 aromatic heterocycles. The molecule has 0 aliphatic carbocycles. The molecule has 5 heteroatoms. The summed E-state index contributed by atoms with van der Waals surface area (Å²) >= 11 is 5.78. The van der Waals surface area contributed by atoms with Crippen molar-refractivity contribution in [3.63, 3.8) is 0 Å². The molecule has 0 saturated heterocycles. The highest BCUT2D eigenvalue weighted by atomic mass is 35.5. The first kappa shape index (κ1) is 13.8. The molecule has 0 radical (unpaired) electrons. The van der Waals surface area contributed by atoms with Gasteiger partial charge in [0.15, 0.2) is 0 Å². The van der Waals surface area contributed by atoms with Crippen molar-refractivity contribution in [3.05, 3.63) is 28.8 Å². The third-order valence-electron chi connectivity index (χ3n) is 2.19. The van der Waals surface area contributed by atoms with Crippen molar-refractivity contribution in [1.82, 2.24) is 0 Å². The van der Waals surface area contributed by atoms with Gasteiger partial charge in [0.2, 0.25) is 0 Å². The van der Waals surface area contributed by atoms with E-state index in [1.54, 1.807) is 6.07 Å². The first-order valence-corrected chi connectivity index (χ1v) is 5.85. The maximum absolute atomic E-state index is 11.6. The van der Waals surface area contributed by atoms with Crippen LogP contribution in [0.1, 0.15) is 29.6 Å². The molecule has 0 amide bonds. The van der Waals surface area contributed by atoms with Gasteiger partial charge in [0.05, 0.1) is 12.2 Å². The molecular formula is C12H16ClNO3. The molecule has 0 heterocycles. The maximum Gasteiger partial charge on any atom is 0.338 e. The summed E-state index contributed by atoms with van der Waals surface area (Å²) in [6.45, 7) is 0.504. The minimum Gasteiger partial charge on any atom is -0.462 e. The molecule has 0 aliphatic rings. The molecule has 17 heavy (non-hydrogen) atoms. The predicted molar refractivity (Wildman–Crippen MR) is 67.1 cm³/mol. The van der Waals surface area contributed by atoms with E-state index >= 15 is 0 Å². The summed E-state index contributed by atoms with van der Waals surface area (Å²) in [6.07, 6.45) is 2.30. The van der Waals surface area contributed by atoms with Crippen LogP contribution in [-0.4, -0.2) is 24.3 Å². The Morgan fingerprint density at radius 3 is 2.71 bits per heavy atom. The lowest BCUT2D eigenvalue weighted by atomic mass is 10.2. The van der Waals surface area contributed by atoms with Crippen molar-refractivity contribution < 1.29 is 14.6 Å². The SMILES string of the molecule is Nc1cc(Cl)cc(C(=O)OCCCCCO)c1. The van der Waals surface area contributed by atoms with Gasteiger partial charge in [-0.25, -0.2) is 4.79 Å². The van der Waals surface area contributed by atoms with Crippen molar-refractivity contribution in [2.45, 2.75) is 19.3 Å². The van der Waals surface area contributed by atoms with Crippen molar-refractivity contribution in [2.75, 3.05) is 18.9 Å². The highest BCUT2D eigenvalue weighted by Crippen LogP contribution is 2.17. The molecule has 0 aliphatic heterocycles. The van der Waals surface area contributed by atoms with E-state index in [1.165, 1.54) is 12.1 Å². The lowest BCUT2D eigenvalue weighted by molar-refractivity contribution is 0.0497. The Morgan fingerprint density at radius 2 is 2.06 bits per heavy atom. The molecule has 1 rings (SSSR count). The Labute approximate surface area is 105 Å². The number of halogens is 1. The van der Waals surface area contributed by atoms with Crippen molar-refractivity contribution in [1.29, 1.82) is 0 Å². The molecule has 0 bridgehead atoms. The summed E-state index contributed by atoms with van der Waals surface area (Å²) in [5.74, 6) is -0.428. The highest BCUT2D eigenvalue weighted by molar-refractivity contribution is 6.31. The first-order chi connectivity index (χ1) is 8.13. The van der Waals surface area contributed by atoms with Gasteiger partial charge in [-0.3, -0.25) is 0 Å². The lowest BCUT2D eigenvalue weighted by Crippen LogP contribution is -2.07. The van der Waals surface area contributed by atoms with Gasteiger partial charge in [0.1, 0.15) is 0 Å². The van der Waals surface area contributed by atoms with E-state index in [-0.39, 0.29) is 6.61 Å². The third kappa shape index (κ3) is 5.06. The van der Waals surface area contributed by atoms with Crippen LogP contribution < -0.4 is 5.73 Å². The van der Waals surface area contributed by atoms with Crippen LogP contribution in [0.3, 0.4) is 0 Å². The Balaban J connectivity index is 2.41. The number of carbonyl (C=O) groups is 1. The summed E-state index contributed by atoms with van der Waals surface area (Å²) in [6, 6.07) is 4.62. The monoisotopic (exact) mass is 257 g/mol. The molecule has 1 aromatic rings. The third-order valence-corrected chi connectivity index (χ3v) is 2.41. The van der Waals surface area contributed by atoms with E-state index in [1.807, 2.05) is 0 Å². The molecule has 4 nitrogen and oxygen atoms in total. The van der Waals surface area contributed by atoms with Crippen LogP contribution in [0.5, 0.6) is 0 Å². The van der Waals surface area contributed by atoms with Crippen LogP contribution in [0.15, 0.2) is 18.2 Å². The van der Waals surface area contributed by atoms with Crippen molar-refractivity contribution >= 4 is 23.3 Å². The number of aliphatic hydroxyl groups is 1. The quantitative estimate of drug-likeness (QED) is 0.466. The topological polar surface area (TPSA) is 72.6 Å². The van der Waals surface area contributed by atoms with Crippen molar-refractivity contribution in [2.24, 2.45) is 0 Å². The molecule has 0 saturated carbocycles. The molecule has 0 unspecified atom stereocenters. The predicted octanol–water partition coefficient (Wildman–Crippen LogP) is 2.24. The summed E-state index contributed by atoms with van der Waals surface area (Å²) in [4.78, 5) is 11.6. The zero-order valence-corrected chi connectivity index (χ0v) is 10.2. The van der Waals surface area contributed by atoms with Crippen LogP contribution in [0, 0.1) is 0 Å². The van der Waals surface area contributed by atoms with Gasteiger partial charge in [0, 0.05) is 17.3 Å². The lowest BCUT2D eigenvalue weighted by Gasteiger charge is -2.05. The number of unbranched alkanes of at least 4 members (excludes halogenated alkanes) is 2. The number of ether oxygens (including phenoxy) is 1. The minimum atomic E-state index is -0.428. The number of anilines is 1. The largest absolute Gasteiger partial charge is 0.462 e. The number of carbonyl (C=O) groups excluding carboxylic acids is 1. The second-order valence-electron chi connectivity index (χ2n) is 3.69. The number of esters is 1. The van der Waals surface area contributed by atoms with E-state index in [9.17, 15) is 4.79 Å². The Hall–Kier alpha value is -1.26. The van der Waals surface area contributed by atoms with Crippen LogP contribution in [0.25, 0.3) is 0 Å². The Bertz CT molecular complexity index is 362. The first-order valence-electron chi connectivity index (χ1n) is 5.47. The second-order valence-corrected chi connectivity index (χ2v) is 4.13. The minimum absolute atomic E-state index is 0.165. The molecule has 3 N–H and O–H groups in total. The molecule has 0 fully saturated rings. The van der Waals surface area contributed by atoms with Crippen LogP contribution >= 0.6 is 11.6 Å². The molecular weight excluding hydrogens is 242 g/mol. The van der Waals surface area contributed by atoms with Gasteiger partial charge in [-0.15, -0.1) is 0 Å². The van der Waals surface area contributed by atoms with Gasteiger partial charge < -0.3 is 15.6 Å². The van der Waals surface area contributed by atoms with E-state index in [2.05, 4.69) is 0 Å². The fourth-order valence-electron chi connectivity index (χ4n) is 1.37. The Kier molecular flexibility index (Phi) is 5.80. The molecule has 0 atom stereocenters. The fraction of sp³-hybridized carbons (Fsp3) is 0.417. The number of nitrogen functional groups attached to an aromatic ring is 1. The van der Waals surface area contributed by atoms with E-state index in [4.69, 9.17) is 27.2 Å². The number of nitrogens with two attached hydrogens (primary N) is 1. The number of hydrogen-bond acceptors (Lipinski definition) is 4. The number of aliphatic hydroxyl groups excluding tert-OH is 1. The summed E-state index contributed by atoms with van der Waals surface area (Å²) in [7, 11) is 0. The standard InChI is InChI=1S/C12H16ClNO3/c13-10-6-9(7-11(14)8-10)12(16)17-5-3-1-2-4-15/h6-8,15H,1-5,14H2. The maximum atomic E-state index is 11.6. The zero-order valence-electron chi connectivity index (χ0n) is 9.49. The number of benzene rings is 1. The fourth-order valence-corrected chi connectivity index (χ4v) is 1.61. The smallest absolute Gasteiger partial charge is 0.338 e. The molecule has 94 valence electrons. The van der Waals surface area contributed by atoms with E-state index in [0.717, 1.165) is 19.3 Å². The van der Waals surface area contributed by atoms with Gasteiger partial charge in [0.25, 0.3) is 0 Å². The average Bonchev–Trinajstić information content (AvgIpc) is 2.27. The Morgan fingerprint density at radius 1 is 1.29 bits per heavy atom. The van der Waals surface area contributed by atoms with Crippen LogP contribution in [0.4, 0.5) is 5.69 Å². The molecule has 0 spiro atoms. The van der Waals surface area contributed by atoms with Crippen LogP contribution in [-0.2, 0) is 4.74 Å². The van der Waals surface area contributed by atoms with Gasteiger partial charge in [-0.05, 0) is 37.5 Å². The van der Waals surface area contributed by atoms with Gasteiger partial charge >= 0.3 is 5.97 Å². The summed E-state index contributed by atoms with van der Waals surface area (Å²) in [5, 5.41) is 8.99. The highest BCUT2D eigenvalue weighted by Gasteiger charge is 2.08. The zero-order chi connectivity index (χ0) is 12.7. The van der Waals surface area contributed by atoms with E-state index < -0.39 is 5.97 Å². The van der Waals surface area contributed by atoms with Crippen molar-refractivity contribution in [3.8, 4) is 0 Å². The number of hydrogen-bond donors (Lipinski definition) is 2. The summed E-state index contributed by atoms with van der Waals surface area (Å²) in [5.41, 5.74) is 6.37. The number of rotatable bonds is 6.